The smallest absolute Gasteiger partial charge is 0.0794 e. The summed E-state index contributed by atoms with van der Waals surface area (Å²) in [6.07, 6.45) is 16.2. The number of nitrogens with zero attached hydrogens (tertiary/aromatic N) is 1. The van der Waals surface area contributed by atoms with E-state index in [2.05, 4.69) is 81.2 Å². The lowest BCUT2D eigenvalue weighted by molar-refractivity contribution is 0.277. The molecule has 0 saturated carbocycles. The molecule has 1 aliphatic carbocycles. The number of hydrogen-bond donors (Lipinski definition) is 0. The predicted octanol–water partition coefficient (Wildman–Crippen LogP) is 4.00. The molecule has 0 aromatic carbocycles. The second kappa shape index (κ2) is 4.92. The average Bonchev–Trinajstić information content (AvgIpc) is 2.29. The van der Waals surface area contributed by atoms with Crippen molar-refractivity contribution in [2.45, 2.75) is 32.6 Å². The molecule has 0 bridgehead atoms. The zero-order valence-electron chi connectivity index (χ0n) is 12.2. The fourth-order valence-corrected chi connectivity index (χ4v) is 3.88. The molecule has 0 N–H and O–H groups in total. The van der Waals surface area contributed by atoms with Gasteiger partial charge in [-0.3, -0.25) is 0 Å². The summed E-state index contributed by atoms with van der Waals surface area (Å²) in [5.74, 6) is 1.21. The molecular weight excluding hydrogens is 234 g/mol. The molecule has 1 aliphatic heterocycles. The van der Waals surface area contributed by atoms with E-state index in [9.17, 15) is 0 Å². The van der Waals surface area contributed by atoms with E-state index >= 15 is 0 Å². The highest BCUT2D eigenvalue weighted by atomic mass is 28.3. The van der Waals surface area contributed by atoms with Crippen molar-refractivity contribution in [3.63, 3.8) is 0 Å². The van der Waals surface area contributed by atoms with Gasteiger partial charge >= 0.3 is 0 Å². The first-order valence-electron chi connectivity index (χ1n) is 6.87. The molecule has 0 aromatic rings. The summed E-state index contributed by atoms with van der Waals surface area (Å²) >= 11 is 0. The largest absolute Gasteiger partial charge is 0.373 e. The molecule has 98 valence electrons. The maximum Gasteiger partial charge on any atom is 0.0794 e. The van der Waals surface area contributed by atoms with Gasteiger partial charge < -0.3 is 4.90 Å². The van der Waals surface area contributed by atoms with Crippen LogP contribution in [-0.2, 0) is 0 Å². The summed E-state index contributed by atoms with van der Waals surface area (Å²) in [4.78, 5) is 2.40. The Morgan fingerprint density at radius 2 is 1.72 bits per heavy atom. The van der Waals surface area contributed by atoms with Crippen LogP contribution in [0, 0.1) is 11.8 Å². The van der Waals surface area contributed by atoms with Gasteiger partial charge in [0.1, 0.15) is 0 Å². The molecule has 18 heavy (non-hydrogen) atoms. The zero-order valence-corrected chi connectivity index (χ0v) is 13.2. The van der Waals surface area contributed by atoms with Gasteiger partial charge in [0, 0.05) is 13.0 Å². The van der Waals surface area contributed by atoms with Gasteiger partial charge in [-0.1, -0.05) is 63.0 Å². The van der Waals surface area contributed by atoms with Crippen molar-refractivity contribution in [2.24, 2.45) is 11.8 Å². The van der Waals surface area contributed by atoms with Crippen molar-refractivity contribution in [3.8, 4) is 0 Å². The standard InChI is InChI=1S/C16H25NSi/c1-13-8-6-7-9-15(13)16-11-10-14(12-17(16)2)18(3,4)5/h6-13,15-16H,1-5H3. The third kappa shape index (κ3) is 2.69. The van der Waals surface area contributed by atoms with Gasteiger partial charge in [-0.25, -0.2) is 0 Å². The van der Waals surface area contributed by atoms with Crippen molar-refractivity contribution in [1.29, 1.82) is 0 Å². The van der Waals surface area contributed by atoms with E-state index in [0.29, 0.717) is 17.9 Å². The minimum Gasteiger partial charge on any atom is -0.373 e. The van der Waals surface area contributed by atoms with Crippen LogP contribution in [0.3, 0.4) is 0 Å². The molecule has 3 unspecified atom stereocenters. The SMILES string of the molecule is CC1C=CC=CC1C1C=CC([Si](C)(C)C)=CN1C. The van der Waals surface area contributed by atoms with E-state index < -0.39 is 8.07 Å². The van der Waals surface area contributed by atoms with Gasteiger partial charge in [0.05, 0.1) is 14.1 Å². The Balaban J connectivity index is 2.16. The Kier molecular flexibility index (Phi) is 3.67. The molecule has 2 heteroatoms. The second-order valence-electron chi connectivity index (χ2n) is 6.56. The van der Waals surface area contributed by atoms with Crippen molar-refractivity contribution in [1.82, 2.24) is 4.90 Å². The maximum atomic E-state index is 2.41. The van der Waals surface area contributed by atoms with Gasteiger partial charge in [0.15, 0.2) is 0 Å². The molecule has 0 radical (unpaired) electrons. The summed E-state index contributed by atoms with van der Waals surface area (Å²) < 4.78 is 0. The van der Waals surface area contributed by atoms with Gasteiger partial charge in [0.2, 0.25) is 0 Å². The molecule has 0 spiro atoms. The fraction of sp³-hybridized carbons (Fsp3) is 0.500. The Labute approximate surface area is 113 Å². The Morgan fingerprint density at radius 3 is 2.28 bits per heavy atom. The van der Waals surface area contributed by atoms with Crippen molar-refractivity contribution < 1.29 is 0 Å². The van der Waals surface area contributed by atoms with E-state index in [1.807, 2.05) is 0 Å². The van der Waals surface area contributed by atoms with E-state index in [1.54, 1.807) is 5.20 Å². The van der Waals surface area contributed by atoms with E-state index in [-0.39, 0.29) is 0 Å². The molecule has 0 saturated heterocycles. The number of hydrogen-bond acceptors (Lipinski definition) is 1. The third-order valence-electron chi connectivity index (χ3n) is 4.01. The molecule has 1 heterocycles. The van der Waals surface area contributed by atoms with Crippen LogP contribution in [-0.4, -0.2) is 26.1 Å². The van der Waals surface area contributed by atoms with Crippen molar-refractivity contribution in [2.75, 3.05) is 7.05 Å². The summed E-state index contributed by atoms with van der Waals surface area (Å²) in [5.41, 5.74) is 0. The predicted molar refractivity (Wildman–Crippen MR) is 83.1 cm³/mol. The molecule has 0 amide bonds. The monoisotopic (exact) mass is 259 g/mol. The van der Waals surface area contributed by atoms with Crippen LogP contribution in [0.1, 0.15) is 6.92 Å². The number of likely N-dealkylation sites (N-methyl/N-ethyl adjacent to an activating group) is 1. The van der Waals surface area contributed by atoms with Crippen LogP contribution < -0.4 is 0 Å². The highest BCUT2D eigenvalue weighted by Crippen LogP contribution is 2.30. The average molecular weight is 259 g/mol. The molecule has 0 aromatic heterocycles. The van der Waals surface area contributed by atoms with E-state index in [4.69, 9.17) is 0 Å². The first-order valence-corrected chi connectivity index (χ1v) is 10.4. The van der Waals surface area contributed by atoms with Gasteiger partial charge in [0.25, 0.3) is 0 Å². The van der Waals surface area contributed by atoms with Crippen LogP contribution in [0.25, 0.3) is 0 Å². The summed E-state index contributed by atoms with van der Waals surface area (Å²) in [6.45, 7) is 9.53. The molecule has 2 rings (SSSR count). The lowest BCUT2D eigenvalue weighted by atomic mass is 9.83. The molecule has 2 aliphatic rings. The fourth-order valence-electron chi connectivity index (χ4n) is 2.69. The van der Waals surface area contributed by atoms with Crippen LogP contribution in [0.15, 0.2) is 47.9 Å². The van der Waals surface area contributed by atoms with Gasteiger partial charge in [-0.15, -0.1) is 0 Å². The summed E-state index contributed by atoms with van der Waals surface area (Å²) in [6, 6.07) is 0.501. The van der Waals surface area contributed by atoms with Crippen LogP contribution in [0.4, 0.5) is 0 Å². The molecule has 0 fully saturated rings. The lowest BCUT2D eigenvalue weighted by Crippen LogP contribution is -2.39. The zero-order chi connectivity index (χ0) is 13.3. The first kappa shape index (κ1) is 13.4. The second-order valence-corrected chi connectivity index (χ2v) is 11.6. The van der Waals surface area contributed by atoms with Crippen molar-refractivity contribution in [3.05, 3.63) is 47.9 Å². The van der Waals surface area contributed by atoms with Gasteiger partial charge in [-0.2, -0.15) is 0 Å². The Bertz CT molecular complexity index is 423. The Hall–Kier alpha value is -1.02. The first-order chi connectivity index (χ1) is 8.39. The molecule has 1 nitrogen and oxygen atoms in total. The van der Waals surface area contributed by atoms with E-state index in [0.717, 1.165) is 0 Å². The third-order valence-corrected chi connectivity index (χ3v) is 6.04. The highest BCUT2D eigenvalue weighted by molar-refractivity contribution is 6.83. The van der Waals surface area contributed by atoms with Crippen LogP contribution in [0.2, 0.25) is 19.6 Å². The summed E-state index contributed by atoms with van der Waals surface area (Å²) in [7, 11) is 1.02. The minimum absolute atomic E-state index is 0.501. The maximum absolute atomic E-state index is 2.41. The van der Waals surface area contributed by atoms with Gasteiger partial charge in [-0.05, 0) is 17.3 Å². The quantitative estimate of drug-likeness (QED) is 0.678. The minimum atomic E-state index is -1.19. The summed E-state index contributed by atoms with van der Waals surface area (Å²) in [5, 5.41) is 1.55. The topological polar surface area (TPSA) is 3.24 Å². The normalized spacial score (nSPS) is 31.7. The number of allylic oxidation sites excluding steroid dienone is 5. The molecular formula is C16H25NSi. The molecule has 3 atom stereocenters. The van der Waals surface area contributed by atoms with Crippen LogP contribution in [0.5, 0.6) is 0 Å². The van der Waals surface area contributed by atoms with Crippen LogP contribution >= 0.6 is 0 Å². The van der Waals surface area contributed by atoms with E-state index in [1.165, 1.54) is 0 Å². The van der Waals surface area contributed by atoms with Crippen molar-refractivity contribution >= 4 is 8.07 Å². The number of rotatable bonds is 2. The lowest BCUT2D eigenvalue weighted by Gasteiger charge is -2.38. The highest BCUT2D eigenvalue weighted by Gasteiger charge is 2.29. The Morgan fingerprint density at radius 1 is 1.06 bits per heavy atom.